The summed E-state index contributed by atoms with van der Waals surface area (Å²) in [5.41, 5.74) is 7.12. The number of esters is 1. The molecule has 0 amide bonds. The second-order valence-corrected chi connectivity index (χ2v) is 4.39. The number of pyridine rings is 1. The van der Waals surface area contributed by atoms with Gasteiger partial charge in [0, 0.05) is 11.6 Å². The molecule has 0 radical (unpaired) electrons. The number of benzene rings is 1. The zero-order valence-corrected chi connectivity index (χ0v) is 11.1. The Morgan fingerprint density at radius 2 is 2.16 bits per heavy atom. The van der Waals surface area contributed by atoms with Crippen molar-refractivity contribution in [3.63, 3.8) is 0 Å². The Hall–Kier alpha value is -2.30. The number of rotatable bonds is 3. The van der Waals surface area contributed by atoms with Crippen molar-refractivity contribution in [3.8, 4) is 5.75 Å². The van der Waals surface area contributed by atoms with Crippen LogP contribution in [0.5, 0.6) is 5.75 Å². The molecule has 100 valence electrons. The Balaban J connectivity index is 2.62. The number of nitrogens with zero attached hydrogens (tertiary/aromatic N) is 1. The van der Waals surface area contributed by atoms with Gasteiger partial charge in [-0.3, -0.25) is 4.98 Å². The van der Waals surface area contributed by atoms with E-state index in [1.165, 1.54) is 7.11 Å². The second-order valence-electron chi connectivity index (χ2n) is 4.39. The predicted octanol–water partition coefficient (Wildman–Crippen LogP) is 2.39. The molecule has 1 aromatic carbocycles. The molecular formula is C14H16N2O3. The molecule has 1 aromatic heterocycles. The standard InChI is InChI=1S/C14H16N2O3/c1-8(2)19-14(17)10-7-11(18-3)9-5-4-6-16-13(9)12(10)15/h4-8H,15H2,1-3H3. The number of carbonyl (C=O) groups excluding carboxylic acids is 1. The summed E-state index contributed by atoms with van der Waals surface area (Å²) in [7, 11) is 1.54. The third-order valence-electron chi connectivity index (χ3n) is 2.68. The fraction of sp³-hybridized carbons (Fsp3) is 0.286. The number of aromatic nitrogens is 1. The van der Waals surface area contributed by atoms with E-state index in [-0.39, 0.29) is 11.7 Å². The lowest BCUT2D eigenvalue weighted by Gasteiger charge is -2.13. The second kappa shape index (κ2) is 5.14. The number of nitrogens with two attached hydrogens (primary N) is 1. The summed E-state index contributed by atoms with van der Waals surface area (Å²) in [6, 6.07) is 5.22. The van der Waals surface area contributed by atoms with Crippen LogP contribution in [-0.4, -0.2) is 24.2 Å². The molecule has 19 heavy (non-hydrogen) atoms. The van der Waals surface area contributed by atoms with Gasteiger partial charge in [-0.1, -0.05) is 0 Å². The average molecular weight is 260 g/mol. The van der Waals surface area contributed by atoms with Crippen molar-refractivity contribution in [1.29, 1.82) is 0 Å². The maximum Gasteiger partial charge on any atom is 0.340 e. The molecular weight excluding hydrogens is 244 g/mol. The number of hydrogen-bond donors (Lipinski definition) is 1. The van der Waals surface area contributed by atoms with Gasteiger partial charge >= 0.3 is 5.97 Å². The van der Waals surface area contributed by atoms with Crippen LogP contribution in [0.15, 0.2) is 24.4 Å². The lowest BCUT2D eigenvalue weighted by atomic mass is 10.1. The van der Waals surface area contributed by atoms with Crippen molar-refractivity contribution in [3.05, 3.63) is 30.0 Å². The maximum absolute atomic E-state index is 12.0. The maximum atomic E-state index is 12.0. The van der Waals surface area contributed by atoms with E-state index >= 15 is 0 Å². The lowest BCUT2D eigenvalue weighted by Crippen LogP contribution is -2.14. The average Bonchev–Trinajstić information content (AvgIpc) is 2.38. The van der Waals surface area contributed by atoms with Gasteiger partial charge in [0.2, 0.25) is 0 Å². The van der Waals surface area contributed by atoms with E-state index in [1.807, 2.05) is 6.07 Å². The minimum atomic E-state index is -0.474. The summed E-state index contributed by atoms with van der Waals surface area (Å²) >= 11 is 0. The van der Waals surface area contributed by atoms with Gasteiger partial charge < -0.3 is 15.2 Å². The molecule has 5 nitrogen and oxygen atoms in total. The first kappa shape index (κ1) is 13.1. The minimum absolute atomic E-state index is 0.211. The van der Waals surface area contributed by atoms with Gasteiger partial charge in [-0.2, -0.15) is 0 Å². The van der Waals surface area contributed by atoms with Crippen molar-refractivity contribution in [2.45, 2.75) is 20.0 Å². The van der Waals surface area contributed by atoms with Crippen molar-refractivity contribution in [2.75, 3.05) is 12.8 Å². The molecule has 0 saturated heterocycles. The van der Waals surface area contributed by atoms with Crippen molar-refractivity contribution in [1.82, 2.24) is 4.98 Å². The van der Waals surface area contributed by atoms with Crippen LogP contribution >= 0.6 is 0 Å². The molecule has 2 rings (SSSR count). The first-order valence-corrected chi connectivity index (χ1v) is 5.96. The van der Waals surface area contributed by atoms with E-state index in [2.05, 4.69) is 4.98 Å². The number of hydrogen-bond acceptors (Lipinski definition) is 5. The van der Waals surface area contributed by atoms with E-state index in [1.54, 1.807) is 32.2 Å². The highest BCUT2D eigenvalue weighted by molar-refractivity contribution is 6.06. The van der Waals surface area contributed by atoms with Crippen molar-refractivity contribution >= 4 is 22.6 Å². The number of fused-ring (bicyclic) bond motifs is 1. The zero-order chi connectivity index (χ0) is 14.0. The molecule has 0 aliphatic rings. The van der Waals surface area contributed by atoms with Crippen molar-refractivity contribution in [2.24, 2.45) is 0 Å². The molecule has 2 aromatic rings. The Morgan fingerprint density at radius 1 is 1.42 bits per heavy atom. The first-order valence-electron chi connectivity index (χ1n) is 5.96. The molecule has 2 N–H and O–H groups in total. The molecule has 0 atom stereocenters. The quantitative estimate of drug-likeness (QED) is 0.677. The van der Waals surface area contributed by atoms with Crippen molar-refractivity contribution < 1.29 is 14.3 Å². The SMILES string of the molecule is COc1cc(C(=O)OC(C)C)c(N)c2ncccc12. The van der Waals surface area contributed by atoms with Crippen LogP contribution in [0.2, 0.25) is 0 Å². The van der Waals surface area contributed by atoms with Gasteiger partial charge in [0.1, 0.15) is 5.75 Å². The Morgan fingerprint density at radius 3 is 2.79 bits per heavy atom. The molecule has 0 aliphatic carbocycles. The molecule has 0 spiro atoms. The normalized spacial score (nSPS) is 10.7. The predicted molar refractivity (Wildman–Crippen MR) is 73.3 cm³/mol. The van der Waals surface area contributed by atoms with E-state index in [9.17, 15) is 4.79 Å². The van der Waals surface area contributed by atoms with Crippen LogP contribution in [0, 0.1) is 0 Å². The zero-order valence-electron chi connectivity index (χ0n) is 11.1. The molecule has 0 bridgehead atoms. The monoisotopic (exact) mass is 260 g/mol. The number of ether oxygens (including phenoxy) is 2. The first-order chi connectivity index (χ1) is 9.04. The van der Waals surface area contributed by atoms with Gasteiger partial charge in [0.15, 0.2) is 0 Å². The Bertz CT molecular complexity index is 623. The van der Waals surface area contributed by atoms with Crippen LogP contribution in [0.25, 0.3) is 10.9 Å². The van der Waals surface area contributed by atoms with E-state index in [0.717, 1.165) is 5.39 Å². The highest BCUT2D eigenvalue weighted by Crippen LogP contribution is 2.32. The minimum Gasteiger partial charge on any atom is -0.496 e. The molecule has 5 heteroatoms. The van der Waals surface area contributed by atoms with E-state index < -0.39 is 5.97 Å². The number of methoxy groups -OCH3 is 1. The van der Waals surface area contributed by atoms with Crippen LogP contribution < -0.4 is 10.5 Å². The highest BCUT2D eigenvalue weighted by atomic mass is 16.5. The van der Waals surface area contributed by atoms with Gasteiger partial charge in [0.25, 0.3) is 0 Å². The summed E-state index contributed by atoms with van der Waals surface area (Å²) < 4.78 is 10.4. The van der Waals surface area contributed by atoms with Crippen LogP contribution in [0.3, 0.4) is 0 Å². The molecule has 1 heterocycles. The molecule has 0 saturated carbocycles. The number of carbonyl (C=O) groups is 1. The van der Waals surface area contributed by atoms with Crippen LogP contribution in [0.1, 0.15) is 24.2 Å². The Kier molecular flexibility index (Phi) is 3.55. The summed E-state index contributed by atoms with van der Waals surface area (Å²) in [6.07, 6.45) is 1.41. The van der Waals surface area contributed by atoms with E-state index in [0.29, 0.717) is 17.0 Å². The Labute approximate surface area is 111 Å². The molecule has 0 aliphatic heterocycles. The number of nitrogen functional groups attached to an aromatic ring is 1. The summed E-state index contributed by atoms with van der Waals surface area (Å²) in [5, 5.41) is 0.767. The fourth-order valence-electron chi connectivity index (χ4n) is 1.85. The van der Waals surface area contributed by atoms with Gasteiger partial charge in [0.05, 0.1) is 30.0 Å². The third-order valence-corrected chi connectivity index (χ3v) is 2.68. The summed E-state index contributed by atoms with van der Waals surface area (Å²) in [4.78, 5) is 16.2. The van der Waals surface area contributed by atoms with Gasteiger partial charge in [-0.25, -0.2) is 4.79 Å². The van der Waals surface area contributed by atoms with E-state index in [4.69, 9.17) is 15.2 Å². The van der Waals surface area contributed by atoms with Gasteiger partial charge in [-0.15, -0.1) is 0 Å². The molecule has 0 fully saturated rings. The third kappa shape index (κ3) is 2.45. The molecule has 0 unspecified atom stereocenters. The number of anilines is 1. The van der Waals surface area contributed by atoms with Gasteiger partial charge in [-0.05, 0) is 32.0 Å². The van der Waals surface area contributed by atoms with Crippen LogP contribution in [-0.2, 0) is 4.74 Å². The summed E-state index contributed by atoms with van der Waals surface area (Å²) in [5.74, 6) is 0.0753. The topological polar surface area (TPSA) is 74.4 Å². The highest BCUT2D eigenvalue weighted by Gasteiger charge is 2.18. The largest absolute Gasteiger partial charge is 0.496 e. The lowest BCUT2D eigenvalue weighted by molar-refractivity contribution is 0.0379. The van der Waals surface area contributed by atoms with Crippen LogP contribution in [0.4, 0.5) is 5.69 Å². The smallest absolute Gasteiger partial charge is 0.340 e. The fourth-order valence-corrected chi connectivity index (χ4v) is 1.85. The summed E-state index contributed by atoms with van der Waals surface area (Å²) in [6.45, 7) is 3.56.